The summed E-state index contributed by atoms with van der Waals surface area (Å²) in [4.78, 5) is 25.4. The van der Waals surface area contributed by atoms with Gasteiger partial charge in [-0.2, -0.15) is 0 Å². The van der Waals surface area contributed by atoms with Crippen LogP contribution in [0.3, 0.4) is 0 Å². The van der Waals surface area contributed by atoms with Crippen molar-refractivity contribution in [2.75, 3.05) is 11.9 Å². The molecule has 0 aliphatic carbocycles. The summed E-state index contributed by atoms with van der Waals surface area (Å²) in [5.41, 5.74) is 5.99. The van der Waals surface area contributed by atoms with Crippen molar-refractivity contribution in [1.82, 2.24) is 0 Å². The predicted molar refractivity (Wildman–Crippen MR) is 114 cm³/mol. The van der Waals surface area contributed by atoms with Crippen LogP contribution in [-0.4, -0.2) is 18.5 Å². The fourth-order valence-electron chi connectivity index (χ4n) is 3.05. The minimum Gasteiger partial charge on any atom is -0.462 e. The van der Waals surface area contributed by atoms with E-state index in [4.69, 9.17) is 4.74 Å². The summed E-state index contributed by atoms with van der Waals surface area (Å²) in [7, 11) is 0. The van der Waals surface area contributed by atoms with Gasteiger partial charge in [0.25, 0.3) is 5.91 Å². The maximum atomic E-state index is 12.7. The third kappa shape index (κ3) is 4.15. The molecule has 1 N–H and O–H groups in total. The molecule has 2 aromatic carbocycles. The van der Waals surface area contributed by atoms with Gasteiger partial charge in [-0.1, -0.05) is 41.5 Å². The number of hydrogen-bond acceptors (Lipinski definition) is 4. The number of rotatable bonds is 5. The molecule has 0 unspecified atom stereocenters. The Labute approximate surface area is 169 Å². The molecule has 0 saturated heterocycles. The molecule has 0 atom stereocenters. The SMILES string of the molecule is CCOC(=O)c1c(-c2ccc(C)cc2C)csc1NC(=O)c1ccc(C)cc1. The Bertz CT molecular complexity index is 1020. The third-order valence-corrected chi connectivity index (χ3v) is 5.38. The molecule has 3 rings (SSSR count). The van der Waals surface area contributed by atoms with E-state index >= 15 is 0 Å². The summed E-state index contributed by atoms with van der Waals surface area (Å²) in [5, 5.41) is 5.28. The molecule has 0 aliphatic rings. The highest BCUT2D eigenvalue weighted by Gasteiger charge is 2.24. The Morgan fingerprint density at radius 2 is 1.64 bits per heavy atom. The quantitative estimate of drug-likeness (QED) is 0.560. The van der Waals surface area contributed by atoms with Gasteiger partial charge in [0.1, 0.15) is 10.6 Å². The maximum absolute atomic E-state index is 12.7. The molecule has 3 aromatic rings. The number of carbonyl (C=O) groups is 2. The van der Waals surface area contributed by atoms with Gasteiger partial charge in [0.2, 0.25) is 0 Å². The summed E-state index contributed by atoms with van der Waals surface area (Å²) < 4.78 is 5.27. The van der Waals surface area contributed by atoms with Gasteiger partial charge in [-0.25, -0.2) is 4.79 Å². The van der Waals surface area contributed by atoms with Gasteiger partial charge < -0.3 is 10.1 Å². The average molecular weight is 394 g/mol. The standard InChI is InChI=1S/C23H23NO3S/c1-5-27-23(26)20-19(18-11-8-15(3)12-16(18)4)13-28-22(20)24-21(25)17-9-6-14(2)7-10-17/h6-13H,5H2,1-4H3,(H,24,25). The normalized spacial score (nSPS) is 10.6. The van der Waals surface area contributed by atoms with Crippen LogP contribution in [0, 0.1) is 20.8 Å². The molecule has 1 amide bonds. The zero-order chi connectivity index (χ0) is 20.3. The molecule has 4 nitrogen and oxygen atoms in total. The van der Waals surface area contributed by atoms with E-state index in [1.165, 1.54) is 11.3 Å². The predicted octanol–water partition coefficient (Wildman–Crippen LogP) is 5.77. The number of thiophene rings is 1. The van der Waals surface area contributed by atoms with E-state index in [1.807, 2.05) is 50.4 Å². The van der Waals surface area contributed by atoms with Crippen molar-refractivity contribution in [2.24, 2.45) is 0 Å². The van der Waals surface area contributed by atoms with E-state index in [-0.39, 0.29) is 12.5 Å². The average Bonchev–Trinajstić information content (AvgIpc) is 3.05. The van der Waals surface area contributed by atoms with Crippen molar-refractivity contribution in [3.8, 4) is 11.1 Å². The molecule has 0 saturated carbocycles. The zero-order valence-corrected chi connectivity index (χ0v) is 17.3. The van der Waals surface area contributed by atoms with Gasteiger partial charge in [-0.05, 0) is 51.0 Å². The lowest BCUT2D eigenvalue weighted by Gasteiger charge is -2.11. The first-order valence-corrected chi connectivity index (χ1v) is 10.0. The fraction of sp³-hybridized carbons (Fsp3) is 0.217. The second kappa shape index (κ2) is 8.40. The van der Waals surface area contributed by atoms with Crippen molar-refractivity contribution in [2.45, 2.75) is 27.7 Å². The summed E-state index contributed by atoms with van der Waals surface area (Å²) >= 11 is 1.33. The number of amides is 1. The number of nitrogens with one attached hydrogen (secondary N) is 1. The number of ether oxygens (including phenoxy) is 1. The molecule has 5 heteroatoms. The Kier molecular flexibility index (Phi) is 5.95. The van der Waals surface area contributed by atoms with Crippen LogP contribution in [0.2, 0.25) is 0 Å². The lowest BCUT2D eigenvalue weighted by molar-refractivity contribution is 0.0529. The van der Waals surface area contributed by atoms with Crippen LogP contribution in [0.15, 0.2) is 47.8 Å². The largest absolute Gasteiger partial charge is 0.462 e. The molecule has 1 aromatic heterocycles. The molecule has 28 heavy (non-hydrogen) atoms. The number of benzene rings is 2. The molecule has 0 spiro atoms. The van der Waals surface area contributed by atoms with Crippen LogP contribution in [0.5, 0.6) is 0 Å². The van der Waals surface area contributed by atoms with Gasteiger partial charge in [-0.15, -0.1) is 11.3 Å². The second-order valence-corrected chi connectivity index (χ2v) is 7.59. The molecule has 1 heterocycles. The summed E-state index contributed by atoms with van der Waals surface area (Å²) in [5.74, 6) is -0.683. The van der Waals surface area contributed by atoms with Crippen LogP contribution in [0.4, 0.5) is 5.00 Å². The molecule has 0 radical (unpaired) electrons. The first kappa shape index (κ1) is 19.8. The second-order valence-electron chi connectivity index (χ2n) is 6.71. The number of aryl methyl sites for hydroxylation is 3. The minimum absolute atomic E-state index is 0.250. The molecular weight excluding hydrogens is 370 g/mol. The highest BCUT2D eigenvalue weighted by atomic mass is 32.1. The van der Waals surface area contributed by atoms with Crippen LogP contribution >= 0.6 is 11.3 Å². The van der Waals surface area contributed by atoms with E-state index in [2.05, 4.69) is 11.4 Å². The van der Waals surface area contributed by atoms with E-state index in [0.29, 0.717) is 16.1 Å². The van der Waals surface area contributed by atoms with Crippen LogP contribution < -0.4 is 5.32 Å². The third-order valence-electron chi connectivity index (χ3n) is 4.48. The van der Waals surface area contributed by atoms with Gasteiger partial charge in [0.05, 0.1) is 6.61 Å². The number of anilines is 1. The van der Waals surface area contributed by atoms with Gasteiger partial charge in [0, 0.05) is 16.5 Å². The van der Waals surface area contributed by atoms with Crippen LogP contribution in [0.1, 0.15) is 44.3 Å². The Balaban J connectivity index is 2.01. The summed E-state index contributed by atoms with van der Waals surface area (Å²) in [6.07, 6.45) is 0. The van der Waals surface area contributed by atoms with E-state index in [1.54, 1.807) is 19.1 Å². The van der Waals surface area contributed by atoms with Crippen LogP contribution in [-0.2, 0) is 4.74 Å². The Morgan fingerprint density at radius 3 is 2.29 bits per heavy atom. The first-order valence-electron chi connectivity index (χ1n) is 9.15. The van der Waals surface area contributed by atoms with Crippen molar-refractivity contribution in [3.63, 3.8) is 0 Å². The Morgan fingerprint density at radius 1 is 0.964 bits per heavy atom. The minimum atomic E-state index is -0.432. The monoisotopic (exact) mass is 393 g/mol. The molecule has 0 fully saturated rings. The zero-order valence-electron chi connectivity index (χ0n) is 16.5. The van der Waals surface area contributed by atoms with Crippen LogP contribution in [0.25, 0.3) is 11.1 Å². The van der Waals surface area contributed by atoms with E-state index in [9.17, 15) is 9.59 Å². The van der Waals surface area contributed by atoms with Crippen molar-refractivity contribution >= 4 is 28.2 Å². The first-order chi connectivity index (χ1) is 13.4. The maximum Gasteiger partial charge on any atom is 0.341 e. The van der Waals surface area contributed by atoms with E-state index in [0.717, 1.165) is 27.8 Å². The van der Waals surface area contributed by atoms with Gasteiger partial charge in [0.15, 0.2) is 0 Å². The van der Waals surface area contributed by atoms with Crippen molar-refractivity contribution in [3.05, 3.63) is 75.7 Å². The molecular formula is C23H23NO3S. The van der Waals surface area contributed by atoms with Gasteiger partial charge >= 0.3 is 5.97 Å². The number of esters is 1. The molecule has 144 valence electrons. The molecule has 0 bridgehead atoms. The van der Waals surface area contributed by atoms with Crippen molar-refractivity contribution in [1.29, 1.82) is 0 Å². The lowest BCUT2D eigenvalue weighted by Crippen LogP contribution is -2.14. The highest BCUT2D eigenvalue weighted by molar-refractivity contribution is 7.15. The topological polar surface area (TPSA) is 55.4 Å². The summed E-state index contributed by atoms with van der Waals surface area (Å²) in [6.45, 7) is 8.05. The van der Waals surface area contributed by atoms with Gasteiger partial charge in [-0.3, -0.25) is 4.79 Å². The number of hydrogen-bond donors (Lipinski definition) is 1. The molecule has 0 aliphatic heterocycles. The smallest absolute Gasteiger partial charge is 0.341 e. The highest BCUT2D eigenvalue weighted by Crippen LogP contribution is 2.38. The number of carbonyl (C=O) groups excluding carboxylic acids is 2. The summed E-state index contributed by atoms with van der Waals surface area (Å²) in [6, 6.07) is 13.4. The van der Waals surface area contributed by atoms with Crippen molar-refractivity contribution < 1.29 is 14.3 Å². The fourth-order valence-corrected chi connectivity index (χ4v) is 3.99. The lowest BCUT2D eigenvalue weighted by atomic mass is 9.97. The Hall–Kier alpha value is -2.92. The van der Waals surface area contributed by atoms with E-state index < -0.39 is 5.97 Å².